The second-order valence-corrected chi connectivity index (χ2v) is 1.67. The van der Waals surface area contributed by atoms with Gasteiger partial charge in [-0.25, -0.2) is 0 Å². The molecule has 0 aromatic carbocycles. The molecule has 0 aliphatic carbocycles. The van der Waals surface area contributed by atoms with Gasteiger partial charge in [-0.05, 0) is 0 Å². The van der Waals surface area contributed by atoms with Crippen LogP contribution in [0.5, 0.6) is 0 Å². The molecule has 0 unspecified atom stereocenters. The molecule has 0 radical (unpaired) electrons. The van der Waals surface area contributed by atoms with Crippen molar-refractivity contribution in [2.24, 2.45) is 0 Å². The van der Waals surface area contributed by atoms with E-state index in [1.165, 1.54) is 0 Å². The average Bonchev–Trinajstić information content (AvgIpc) is 1.38. The molecule has 0 heterocycles. The predicted molar refractivity (Wildman–Crippen MR) is 28.3 cm³/mol. The van der Waals surface area contributed by atoms with Crippen LogP contribution < -0.4 is 0 Å². The molecule has 0 aromatic heterocycles. The van der Waals surface area contributed by atoms with Crippen molar-refractivity contribution in [3.63, 3.8) is 0 Å². The van der Waals surface area contributed by atoms with E-state index in [0.29, 0.717) is 0 Å². The molecule has 0 saturated heterocycles. The molecular weight excluding hydrogens is 128 g/mol. The normalized spacial score (nSPS) is 6.60. The first-order valence-electron chi connectivity index (χ1n) is 1.24. The van der Waals surface area contributed by atoms with E-state index < -0.39 is 0 Å². The Balaban J connectivity index is 3.20. The van der Waals surface area contributed by atoms with Gasteiger partial charge < -0.3 is 0 Å². The molecule has 0 bridgehead atoms. The Morgan fingerprint density at radius 2 is 2.00 bits per heavy atom. The number of rotatable bonds is 1. The summed E-state index contributed by atoms with van der Waals surface area (Å²) in [5.41, 5.74) is 0. The van der Waals surface area contributed by atoms with Crippen molar-refractivity contribution >= 4 is 15.9 Å². The minimum Gasteiger partial charge on any atom is -0.0980 e. The lowest BCUT2D eigenvalue weighted by Gasteiger charge is -1.68. The van der Waals surface area contributed by atoms with Crippen LogP contribution in [0.15, 0.2) is 23.7 Å². The first-order chi connectivity index (χ1) is 2.27. The molecule has 5 heavy (non-hydrogen) atoms. The van der Waals surface area contributed by atoms with E-state index in [1.807, 2.05) is 0 Å². The van der Waals surface area contributed by atoms with Gasteiger partial charge in [-0.15, -0.1) is 0 Å². The molecule has 0 aliphatic rings. The Kier molecular flexibility index (Phi) is 2.19. The largest absolute Gasteiger partial charge is 0.0980 e. The maximum atomic E-state index is 3.47. The maximum absolute atomic E-state index is 3.47. The fourth-order valence-corrected chi connectivity index (χ4v) is 0. The van der Waals surface area contributed by atoms with Gasteiger partial charge >= 0.3 is 0 Å². The van der Waals surface area contributed by atoms with E-state index in [4.69, 9.17) is 0 Å². The molecule has 28 valence electrons. The maximum Gasteiger partial charge on any atom is 0.00970 e. The molecule has 0 spiro atoms. The van der Waals surface area contributed by atoms with E-state index in [1.54, 1.807) is 6.08 Å². The highest BCUT2D eigenvalue weighted by atomic mass is 79.9. The first kappa shape index (κ1) is 4.96. The molecule has 0 fully saturated rings. The highest BCUT2D eigenvalue weighted by molar-refractivity contribution is 9.11. The van der Waals surface area contributed by atoms with E-state index in [9.17, 15) is 0 Å². The van der Waals surface area contributed by atoms with Gasteiger partial charge in [-0.1, -0.05) is 35.2 Å². The van der Waals surface area contributed by atoms with Crippen LogP contribution in [-0.2, 0) is 0 Å². The molecule has 1 heteroatoms. The van der Waals surface area contributed by atoms with E-state index in [2.05, 4.69) is 29.1 Å². The third-order valence-corrected chi connectivity index (χ3v) is 0.545. The van der Waals surface area contributed by atoms with Crippen molar-refractivity contribution in [2.45, 2.75) is 0 Å². The molecular formula is C4H5Br. The van der Waals surface area contributed by atoms with Crippen LogP contribution in [-0.4, -0.2) is 0 Å². The highest BCUT2D eigenvalue weighted by Gasteiger charge is 1.62. The van der Waals surface area contributed by atoms with E-state index >= 15 is 0 Å². The number of halogens is 1. The van der Waals surface area contributed by atoms with Gasteiger partial charge in [-0.3, -0.25) is 0 Å². The van der Waals surface area contributed by atoms with Crippen LogP contribution >= 0.6 is 15.9 Å². The van der Waals surface area contributed by atoms with Crippen molar-refractivity contribution in [3.8, 4) is 0 Å². The topological polar surface area (TPSA) is 0 Å². The Hall–Kier alpha value is -0.0400. The molecule has 0 nitrogen and oxygen atoms in total. The number of hydrogen-bond donors (Lipinski definition) is 0. The third-order valence-electron chi connectivity index (χ3n) is 0.221. The molecule has 0 atom stereocenters. The molecule has 0 rings (SSSR count). The van der Waals surface area contributed by atoms with Crippen molar-refractivity contribution in [3.05, 3.63) is 23.7 Å². The predicted octanol–water partition coefficient (Wildman–Crippen LogP) is 2.08. The lowest BCUT2D eigenvalue weighted by molar-refractivity contribution is 2.09. The lowest BCUT2D eigenvalue weighted by Crippen LogP contribution is -1.41. The smallest absolute Gasteiger partial charge is 0.00970 e. The molecule has 0 aliphatic heterocycles. The molecule has 0 saturated carbocycles. The fraction of sp³-hybridized carbons (Fsp3) is 0. The van der Waals surface area contributed by atoms with Crippen LogP contribution in [0.3, 0.4) is 0 Å². The minimum absolute atomic E-state index is 0.831. The van der Waals surface area contributed by atoms with E-state index in [0.717, 1.165) is 4.48 Å². The summed E-state index contributed by atoms with van der Waals surface area (Å²) in [5.74, 6) is 0. The Labute approximate surface area is 40.3 Å². The van der Waals surface area contributed by atoms with Gasteiger partial charge in [0, 0.05) is 4.48 Å². The van der Waals surface area contributed by atoms with Gasteiger partial charge in [0.1, 0.15) is 0 Å². The zero-order valence-electron chi connectivity index (χ0n) is 2.87. The van der Waals surface area contributed by atoms with Gasteiger partial charge in [0.15, 0.2) is 0 Å². The van der Waals surface area contributed by atoms with Crippen molar-refractivity contribution in [1.29, 1.82) is 0 Å². The van der Waals surface area contributed by atoms with Crippen molar-refractivity contribution in [2.75, 3.05) is 0 Å². The second-order valence-electron chi connectivity index (χ2n) is 0.651. The van der Waals surface area contributed by atoms with Crippen molar-refractivity contribution < 1.29 is 0 Å². The van der Waals surface area contributed by atoms with Crippen LogP contribution in [0.2, 0.25) is 0 Å². The summed E-state index contributed by atoms with van der Waals surface area (Å²) in [4.78, 5) is 0. The summed E-state index contributed by atoms with van der Waals surface area (Å²) in [6, 6.07) is 0. The quantitative estimate of drug-likeness (QED) is 0.480. The van der Waals surface area contributed by atoms with Crippen molar-refractivity contribution in [1.82, 2.24) is 0 Å². The molecule has 0 amide bonds. The first-order valence-corrected chi connectivity index (χ1v) is 2.03. The Morgan fingerprint density at radius 1 is 1.80 bits per heavy atom. The molecule has 0 aromatic rings. The average molecular weight is 133 g/mol. The standard InChI is InChI=1S/C4H5Br/c1-3-4(2)5/h3H,1-2H2. The minimum atomic E-state index is 0.831. The number of allylic oxidation sites excluding steroid dienone is 2. The summed E-state index contributed by atoms with van der Waals surface area (Å²) in [6.07, 6.45) is 1.64. The fourth-order valence-electron chi connectivity index (χ4n) is 0. The van der Waals surface area contributed by atoms with Gasteiger partial charge in [0.25, 0.3) is 0 Å². The van der Waals surface area contributed by atoms with Crippen LogP contribution in [0.4, 0.5) is 0 Å². The van der Waals surface area contributed by atoms with Crippen LogP contribution in [0.1, 0.15) is 0 Å². The zero-order valence-corrected chi connectivity index (χ0v) is 4.46. The van der Waals surface area contributed by atoms with Gasteiger partial charge in [0.2, 0.25) is 0 Å². The Morgan fingerprint density at radius 3 is 2.00 bits per heavy atom. The Bertz CT molecular complexity index is 54.7. The SMILES string of the molecule is C=CC(=C)Br. The summed E-state index contributed by atoms with van der Waals surface area (Å²) < 4.78 is 0.831. The van der Waals surface area contributed by atoms with E-state index in [-0.39, 0.29) is 0 Å². The third kappa shape index (κ3) is 3.96. The van der Waals surface area contributed by atoms with Crippen LogP contribution in [0.25, 0.3) is 0 Å². The number of hydrogen-bond acceptors (Lipinski definition) is 0. The summed E-state index contributed by atoms with van der Waals surface area (Å²) >= 11 is 3.06. The molecule has 0 N–H and O–H groups in total. The highest BCUT2D eigenvalue weighted by Crippen LogP contribution is 1.97. The second kappa shape index (κ2) is 2.21. The van der Waals surface area contributed by atoms with Crippen LogP contribution in [0, 0.1) is 0 Å². The monoisotopic (exact) mass is 132 g/mol. The van der Waals surface area contributed by atoms with Gasteiger partial charge in [-0.2, -0.15) is 0 Å². The summed E-state index contributed by atoms with van der Waals surface area (Å²) in [6.45, 7) is 6.89. The zero-order chi connectivity index (χ0) is 4.28. The van der Waals surface area contributed by atoms with Gasteiger partial charge in [0.05, 0.1) is 0 Å². The summed E-state index contributed by atoms with van der Waals surface area (Å²) in [7, 11) is 0. The lowest BCUT2D eigenvalue weighted by atomic mass is 10.6. The summed E-state index contributed by atoms with van der Waals surface area (Å²) in [5, 5.41) is 0.